The van der Waals surface area contributed by atoms with Crippen molar-refractivity contribution < 1.29 is 4.74 Å². The number of piperidine rings is 1. The maximum atomic E-state index is 5.44. The van der Waals surface area contributed by atoms with E-state index in [1.165, 1.54) is 25.9 Å². The molecular formula is C8H16ClNO. The van der Waals surface area contributed by atoms with Crippen LogP contribution in [0.3, 0.4) is 0 Å². The second kappa shape index (κ2) is 3.74. The summed E-state index contributed by atoms with van der Waals surface area (Å²) >= 11 is 0. The van der Waals surface area contributed by atoms with Crippen LogP contribution in [0.5, 0.6) is 0 Å². The second-order valence-electron chi connectivity index (χ2n) is 3.46. The van der Waals surface area contributed by atoms with E-state index in [1.807, 2.05) is 7.11 Å². The highest BCUT2D eigenvalue weighted by atomic mass is 35.5. The van der Waals surface area contributed by atoms with Gasteiger partial charge in [-0.05, 0) is 24.7 Å². The second-order valence-corrected chi connectivity index (χ2v) is 3.46. The third-order valence-corrected chi connectivity index (χ3v) is 2.92. The van der Waals surface area contributed by atoms with Crippen LogP contribution >= 0.6 is 12.4 Å². The van der Waals surface area contributed by atoms with Crippen molar-refractivity contribution in [3.63, 3.8) is 0 Å². The number of hydrogen-bond donors (Lipinski definition) is 1. The molecule has 3 heteroatoms. The Morgan fingerprint density at radius 1 is 1.18 bits per heavy atom. The van der Waals surface area contributed by atoms with Crippen molar-refractivity contribution in [3.05, 3.63) is 0 Å². The molecule has 2 fully saturated rings. The molecule has 1 saturated carbocycles. The topological polar surface area (TPSA) is 21.3 Å². The van der Waals surface area contributed by atoms with Crippen LogP contribution in [0, 0.1) is 11.8 Å². The highest BCUT2D eigenvalue weighted by Crippen LogP contribution is 2.35. The summed E-state index contributed by atoms with van der Waals surface area (Å²) < 4.78 is 5.44. The minimum Gasteiger partial charge on any atom is -0.381 e. The summed E-state index contributed by atoms with van der Waals surface area (Å²) in [4.78, 5) is 0. The Kier molecular flexibility index (Phi) is 3.16. The van der Waals surface area contributed by atoms with Gasteiger partial charge in [0.15, 0.2) is 0 Å². The molecule has 1 aliphatic carbocycles. The average Bonchev–Trinajstić information content (AvgIpc) is 2.19. The number of rotatable bonds is 1. The van der Waals surface area contributed by atoms with Gasteiger partial charge in [0.25, 0.3) is 0 Å². The van der Waals surface area contributed by atoms with Gasteiger partial charge in [-0.1, -0.05) is 0 Å². The molecule has 0 aromatic heterocycles. The van der Waals surface area contributed by atoms with Crippen LogP contribution < -0.4 is 5.32 Å². The monoisotopic (exact) mass is 177 g/mol. The zero-order valence-electron chi connectivity index (χ0n) is 6.88. The summed E-state index contributed by atoms with van der Waals surface area (Å²) in [6.07, 6.45) is 3.31. The lowest BCUT2D eigenvalue weighted by molar-refractivity contribution is 0.0227. The standard InChI is InChI=1S/C8H15NO.ClH/c1-10-8-6-2-3-7(8)5-9-4-6;/h6-9H,2-5H2,1H3;1H/t6-,7+,8?;. The molecule has 11 heavy (non-hydrogen) atoms. The highest BCUT2D eigenvalue weighted by molar-refractivity contribution is 5.85. The van der Waals surface area contributed by atoms with Gasteiger partial charge in [0.05, 0.1) is 6.10 Å². The Morgan fingerprint density at radius 3 is 2.09 bits per heavy atom. The molecule has 0 spiro atoms. The molecule has 3 atom stereocenters. The lowest BCUT2D eigenvalue weighted by Crippen LogP contribution is -2.42. The number of halogens is 1. The van der Waals surface area contributed by atoms with Crippen molar-refractivity contribution in [1.82, 2.24) is 5.32 Å². The first-order chi connectivity index (χ1) is 4.92. The van der Waals surface area contributed by atoms with E-state index < -0.39 is 0 Å². The summed E-state index contributed by atoms with van der Waals surface area (Å²) in [5.74, 6) is 1.62. The predicted octanol–water partition coefficient (Wildman–Crippen LogP) is 1.05. The SMILES string of the molecule is COC1[C@@H]2CC[C@H]1CNC2.Cl. The summed E-state index contributed by atoms with van der Waals surface area (Å²) in [5.41, 5.74) is 0. The molecule has 0 radical (unpaired) electrons. The number of hydrogen-bond acceptors (Lipinski definition) is 2. The minimum absolute atomic E-state index is 0. The first-order valence-electron chi connectivity index (χ1n) is 4.15. The molecule has 2 nitrogen and oxygen atoms in total. The van der Waals surface area contributed by atoms with Gasteiger partial charge >= 0.3 is 0 Å². The Hall–Kier alpha value is 0.210. The van der Waals surface area contributed by atoms with E-state index in [-0.39, 0.29) is 12.4 Å². The molecule has 0 amide bonds. The lowest BCUT2D eigenvalue weighted by Gasteiger charge is -2.29. The van der Waals surface area contributed by atoms with Crippen LogP contribution in [0.25, 0.3) is 0 Å². The van der Waals surface area contributed by atoms with Crippen LogP contribution in [0.4, 0.5) is 0 Å². The van der Waals surface area contributed by atoms with Gasteiger partial charge < -0.3 is 10.1 Å². The zero-order valence-corrected chi connectivity index (χ0v) is 7.69. The van der Waals surface area contributed by atoms with E-state index >= 15 is 0 Å². The van der Waals surface area contributed by atoms with E-state index in [4.69, 9.17) is 4.74 Å². The summed E-state index contributed by atoms with van der Waals surface area (Å²) in [5, 5.41) is 3.43. The Balaban J connectivity index is 0.000000605. The highest BCUT2D eigenvalue weighted by Gasteiger charge is 2.38. The Bertz CT molecular complexity index is 115. The molecule has 1 aliphatic heterocycles. The van der Waals surface area contributed by atoms with Gasteiger partial charge in [0.1, 0.15) is 0 Å². The van der Waals surface area contributed by atoms with E-state index in [1.54, 1.807) is 0 Å². The lowest BCUT2D eigenvalue weighted by atomic mass is 9.97. The fourth-order valence-corrected chi connectivity index (χ4v) is 2.42. The van der Waals surface area contributed by atoms with Crippen molar-refractivity contribution in [2.45, 2.75) is 18.9 Å². The molecule has 1 unspecified atom stereocenters. The van der Waals surface area contributed by atoms with Gasteiger partial charge in [-0.25, -0.2) is 0 Å². The van der Waals surface area contributed by atoms with Crippen molar-refractivity contribution in [1.29, 1.82) is 0 Å². The molecule has 1 heterocycles. The molecule has 2 bridgehead atoms. The summed E-state index contributed by atoms with van der Waals surface area (Å²) in [7, 11) is 1.85. The smallest absolute Gasteiger partial charge is 0.0651 e. The van der Waals surface area contributed by atoms with Crippen molar-refractivity contribution in [2.24, 2.45) is 11.8 Å². The molecule has 1 N–H and O–H groups in total. The van der Waals surface area contributed by atoms with E-state index in [2.05, 4.69) is 5.32 Å². The van der Waals surface area contributed by atoms with Crippen LogP contribution in [-0.4, -0.2) is 26.3 Å². The third kappa shape index (κ3) is 1.53. The van der Waals surface area contributed by atoms with Gasteiger partial charge in [-0.3, -0.25) is 0 Å². The maximum absolute atomic E-state index is 5.44. The summed E-state index contributed by atoms with van der Waals surface area (Å²) in [6.45, 7) is 2.35. The summed E-state index contributed by atoms with van der Waals surface area (Å²) in [6, 6.07) is 0. The normalized spacial score (nSPS) is 41.7. The fraction of sp³-hybridized carbons (Fsp3) is 1.00. The fourth-order valence-electron chi connectivity index (χ4n) is 2.42. The molecule has 0 aromatic carbocycles. The Labute approximate surface area is 74.1 Å². The van der Waals surface area contributed by atoms with Gasteiger partial charge in [0, 0.05) is 20.2 Å². The van der Waals surface area contributed by atoms with Gasteiger partial charge in [-0.2, -0.15) is 0 Å². The van der Waals surface area contributed by atoms with Crippen LogP contribution in [0.2, 0.25) is 0 Å². The van der Waals surface area contributed by atoms with Crippen molar-refractivity contribution in [2.75, 3.05) is 20.2 Å². The maximum Gasteiger partial charge on any atom is 0.0651 e. The van der Waals surface area contributed by atoms with E-state index in [0.29, 0.717) is 6.10 Å². The van der Waals surface area contributed by atoms with Gasteiger partial charge in [-0.15, -0.1) is 12.4 Å². The minimum atomic E-state index is 0. The Morgan fingerprint density at radius 2 is 1.73 bits per heavy atom. The quantitative estimate of drug-likeness (QED) is 0.647. The first kappa shape index (κ1) is 9.30. The molecular weight excluding hydrogens is 162 g/mol. The van der Waals surface area contributed by atoms with Crippen molar-refractivity contribution >= 4 is 12.4 Å². The van der Waals surface area contributed by atoms with Crippen LogP contribution in [0.1, 0.15) is 12.8 Å². The van der Waals surface area contributed by atoms with E-state index in [0.717, 1.165) is 11.8 Å². The molecule has 1 saturated heterocycles. The number of fused-ring (bicyclic) bond motifs is 2. The predicted molar refractivity (Wildman–Crippen MR) is 47.1 cm³/mol. The van der Waals surface area contributed by atoms with Crippen LogP contribution in [-0.2, 0) is 4.74 Å². The number of ether oxygens (including phenoxy) is 1. The van der Waals surface area contributed by atoms with Crippen LogP contribution in [0.15, 0.2) is 0 Å². The van der Waals surface area contributed by atoms with E-state index in [9.17, 15) is 0 Å². The molecule has 2 aliphatic rings. The molecule has 0 aromatic rings. The average molecular weight is 178 g/mol. The largest absolute Gasteiger partial charge is 0.381 e. The third-order valence-electron chi connectivity index (χ3n) is 2.92. The van der Waals surface area contributed by atoms with Gasteiger partial charge in [0.2, 0.25) is 0 Å². The first-order valence-corrected chi connectivity index (χ1v) is 4.15. The zero-order chi connectivity index (χ0) is 6.97. The van der Waals surface area contributed by atoms with Crippen molar-refractivity contribution in [3.8, 4) is 0 Å². The molecule has 66 valence electrons. The number of methoxy groups -OCH3 is 1. The number of nitrogens with one attached hydrogen (secondary N) is 1. The molecule has 2 rings (SSSR count).